The van der Waals surface area contributed by atoms with Gasteiger partial charge in [-0.05, 0) is 39.2 Å². The second kappa shape index (κ2) is 4.94. The molecule has 0 aliphatic heterocycles. The zero-order valence-corrected chi connectivity index (χ0v) is 11.2. The quantitative estimate of drug-likeness (QED) is 0.717. The van der Waals surface area contributed by atoms with Crippen molar-refractivity contribution < 1.29 is 13.2 Å². The fraction of sp³-hybridized carbons (Fsp3) is 1.00. The third-order valence-electron chi connectivity index (χ3n) is 2.45. The lowest BCUT2D eigenvalue weighted by Gasteiger charge is -2.37. The Morgan fingerprint density at radius 2 is 1.31 bits per heavy atom. The van der Waals surface area contributed by atoms with Crippen molar-refractivity contribution in [2.45, 2.75) is 59.7 Å². The van der Waals surface area contributed by atoms with E-state index in [1.165, 1.54) is 4.90 Å². The summed E-state index contributed by atoms with van der Waals surface area (Å²) >= 11 is 0. The minimum atomic E-state index is -4.12. The van der Waals surface area contributed by atoms with E-state index < -0.39 is 18.3 Å². The fourth-order valence-corrected chi connectivity index (χ4v) is 1.34. The molecule has 16 heavy (non-hydrogen) atoms. The maximum absolute atomic E-state index is 12.4. The molecular formula is C12H24F3N. The first-order valence-corrected chi connectivity index (χ1v) is 5.63. The van der Waals surface area contributed by atoms with Gasteiger partial charge in [0.2, 0.25) is 0 Å². The van der Waals surface area contributed by atoms with Gasteiger partial charge in [0, 0.05) is 5.54 Å². The van der Waals surface area contributed by atoms with Crippen LogP contribution in [0.15, 0.2) is 0 Å². The van der Waals surface area contributed by atoms with Gasteiger partial charge in [-0.25, -0.2) is 0 Å². The number of rotatable bonds is 3. The SMILES string of the molecule is CC(C)(C)CCN(CC(F)(F)F)C(C)(C)C. The Balaban J connectivity index is 4.47. The van der Waals surface area contributed by atoms with Crippen molar-refractivity contribution in [1.29, 1.82) is 0 Å². The van der Waals surface area contributed by atoms with Crippen molar-refractivity contribution in [3.63, 3.8) is 0 Å². The average Bonchev–Trinajstić information content (AvgIpc) is 1.91. The maximum atomic E-state index is 12.4. The highest BCUT2D eigenvalue weighted by molar-refractivity contribution is 4.80. The Morgan fingerprint density at radius 1 is 0.875 bits per heavy atom. The minimum Gasteiger partial charge on any atom is -0.290 e. The monoisotopic (exact) mass is 239 g/mol. The van der Waals surface area contributed by atoms with E-state index in [9.17, 15) is 13.2 Å². The van der Waals surface area contributed by atoms with Crippen LogP contribution in [-0.4, -0.2) is 29.7 Å². The summed E-state index contributed by atoms with van der Waals surface area (Å²) < 4.78 is 37.2. The summed E-state index contributed by atoms with van der Waals surface area (Å²) in [5, 5.41) is 0. The molecule has 0 heterocycles. The van der Waals surface area contributed by atoms with Gasteiger partial charge in [-0.15, -0.1) is 0 Å². The minimum absolute atomic E-state index is 0.0646. The molecule has 0 aromatic carbocycles. The van der Waals surface area contributed by atoms with Crippen molar-refractivity contribution in [2.75, 3.05) is 13.1 Å². The van der Waals surface area contributed by atoms with Crippen LogP contribution in [0.1, 0.15) is 48.0 Å². The van der Waals surface area contributed by atoms with E-state index in [0.29, 0.717) is 6.54 Å². The van der Waals surface area contributed by atoms with E-state index in [2.05, 4.69) is 0 Å². The Bertz CT molecular complexity index is 208. The molecule has 0 aliphatic carbocycles. The lowest BCUT2D eigenvalue weighted by atomic mass is 9.91. The normalized spacial score (nSPS) is 14.6. The standard InChI is InChI=1S/C12H24F3N/c1-10(2,3)7-8-16(11(4,5)6)9-12(13,14)15/h7-9H2,1-6H3. The molecule has 1 nitrogen and oxygen atoms in total. The van der Waals surface area contributed by atoms with Gasteiger partial charge in [0.15, 0.2) is 0 Å². The predicted octanol–water partition coefficient (Wildman–Crippen LogP) is 4.09. The maximum Gasteiger partial charge on any atom is 0.401 e. The molecule has 0 saturated heterocycles. The molecule has 0 rings (SSSR count). The van der Waals surface area contributed by atoms with Crippen molar-refractivity contribution in [2.24, 2.45) is 5.41 Å². The van der Waals surface area contributed by atoms with E-state index in [0.717, 1.165) is 6.42 Å². The molecule has 0 bridgehead atoms. The molecule has 0 aromatic heterocycles. The zero-order chi connectivity index (χ0) is 13.2. The molecule has 0 fully saturated rings. The Hall–Kier alpha value is -0.250. The van der Waals surface area contributed by atoms with Gasteiger partial charge in [-0.2, -0.15) is 13.2 Å². The molecule has 4 heteroatoms. The Labute approximate surface area is 97.0 Å². The van der Waals surface area contributed by atoms with E-state index >= 15 is 0 Å². The smallest absolute Gasteiger partial charge is 0.290 e. The molecule has 0 saturated carbocycles. The van der Waals surface area contributed by atoms with Crippen molar-refractivity contribution in [3.8, 4) is 0 Å². The largest absolute Gasteiger partial charge is 0.401 e. The summed E-state index contributed by atoms with van der Waals surface area (Å²) in [6.07, 6.45) is -3.36. The van der Waals surface area contributed by atoms with Gasteiger partial charge in [0.25, 0.3) is 0 Å². The number of halogens is 3. The van der Waals surface area contributed by atoms with Crippen LogP contribution >= 0.6 is 0 Å². The first-order valence-electron chi connectivity index (χ1n) is 5.63. The van der Waals surface area contributed by atoms with Crippen LogP contribution in [0, 0.1) is 5.41 Å². The third-order valence-corrected chi connectivity index (χ3v) is 2.45. The molecule has 0 aromatic rings. The molecule has 0 aliphatic rings. The summed E-state index contributed by atoms with van der Waals surface area (Å²) in [7, 11) is 0. The highest BCUT2D eigenvalue weighted by atomic mass is 19.4. The molecule has 98 valence electrons. The number of alkyl halides is 3. The Kier molecular flexibility index (Phi) is 4.87. The molecule has 0 N–H and O–H groups in total. The van der Waals surface area contributed by atoms with Gasteiger partial charge in [0.1, 0.15) is 0 Å². The van der Waals surface area contributed by atoms with E-state index in [1.54, 1.807) is 0 Å². The predicted molar refractivity (Wildman–Crippen MR) is 61.5 cm³/mol. The molecule has 0 amide bonds. The molecule has 0 atom stereocenters. The molecule has 0 unspecified atom stereocenters. The Morgan fingerprint density at radius 3 is 1.56 bits per heavy atom. The lowest BCUT2D eigenvalue weighted by molar-refractivity contribution is -0.157. The number of hydrogen-bond acceptors (Lipinski definition) is 1. The van der Waals surface area contributed by atoms with Crippen molar-refractivity contribution >= 4 is 0 Å². The van der Waals surface area contributed by atoms with E-state index in [-0.39, 0.29) is 5.41 Å². The van der Waals surface area contributed by atoms with Gasteiger partial charge >= 0.3 is 6.18 Å². The number of hydrogen-bond donors (Lipinski definition) is 0. The molecule has 0 radical (unpaired) electrons. The lowest BCUT2D eigenvalue weighted by Crippen LogP contribution is -2.47. The van der Waals surface area contributed by atoms with Crippen LogP contribution in [0.25, 0.3) is 0 Å². The van der Waals surface area contributed by atoms with Crippen LogP contribution < -0.4 is 0 Å². The van der Waals surface area contributed by atoms with Crippen LogP contribution in [0.4, 0.5) is 13.2 Å². The summed E-state index contributed by atoms with van der Waals surface area (Å²) in [6.45, 7) is 11.2. The molecular weight excluding hydrogens is 215 g/mol. The van der Waals surface area contributed by atoms with Crippen molar-refractivity contribution in [1.82, 2.24) is 4.90 Å². The van der Waals surface area contributed by atoms with Crippen molar-refractivity contribution in [3.05, 3.63) is 0 Å². The first kappa shape index (κ1) is 15.8. The molecule has 0 spiro atoms. The van der Waals surface area contributed by atoms with Gasteiger partial charge < -0.3 is 0 Å². The topological polar surface area (TPSA) is 3.24 Å². The highest BCUT2D eigenvalue weighted by Crippen LogP contribution is 2.26. The number of nitrogens with zero attached hydrogens (tertiary/aromatic N) is 1. The van der Waals surface area contributed by atoms with Crippen LogP contribution in [0.3, 0.4) is 0 Å². The first-order chi connectivity index (χ1) is 6.81. The van der Waals surface area contributed by atoms with Crippen LogP contribution in [-0.2, 0) is 0 Å². The van der Waals surface area contributed by atoms with Gasteiger partial charge in [-0.1, -0.05) is 20.8 Å². The van der Waals surface area contributed by atoms with Crippen LogP contribution in [0.2, 0.25) is 0 Å². The fourth-order valence-electron chi connectivity index (χ4n) is 1.34. The summed E-state index contributed by atoms with van der Waals surface area (Å²) in [5.41, 5.74) is -0.379. The average molecular weight is 239 g/mol. The van der Waals surface area contributed by atoms with Crippen LogP contribution in [0.5, 0.6) is 0 Å². The van der Waals surface area contributed by atoms with Gasteiger partial charge in [-0.3, -0.25) is 4.90 Å². The summed E-state index contributed by atoms with van der Waals surface area (Å²) in [4.78, 5) is 1.50. The second-order valence-corrected chi connectivity index (χ2v) is 6.52. The third kappa shape index (κ3) is 7.97. The van der Waals surface area contributed by atoms with E-state index in [1.807, 2.05) is 41.5 Å². The zero-order valence-electron chi connectivity index (χ0n) is 11.2. The highest BCUT2D eigenvalue weighted by Gasteiger charge is 2.35. The van der Waals surface area contributed by atoms with Gasteiger partial charge in [0.05, 0.1) is 6.54 Å². The summed E-state index contributed by atoms with van der Waals surface area (Å²) in [6, 6.07) is 0. The second-order valence-electron chi connectivity index (χ2n) is 6.52. The summed E-state index contributed by atoms with van der Waals surface area (Å²) in [5.74, 6) is 0. The van der Waals surface area contributed by atoms with E-state index in [4.69, 9.17) is 0 Å².